The summed E-state index contributed by atoms with van der Waals surface area (Å²) < 4.78 is 1.68. The van der Waals surface area contributed by atoms with Crippen molar-refractivity contribution in [1.29, 1.82) is 0 Å². The van der Waals surface area contributed by atoms with Gasteiger partial charge in [0.15, 0.2) is 0 Å². The van der Waals surface area contributed by atoms with Crippen LogP contribution in [0.2, 0.25) is 0 Å². The lowest BCUT2D eigenvalue weighted by atomic mass is 10.0. The third kappa shape index (κ3) is 7.47. The van der Waals surface area contributed by atoms with Gasteiger partial charge in [0.05, 0.1) is 5.69 Å². The molecule has 0 radical (unpaired) electrons. The van der Waals surface area contributed by atoms with Gasteiger partial charge >= 0.3 is 12.0 Å². The van der Waals surface area contributed by atoms with Crippen molar-refractivity contribution in [3.63, 3.8) is 0 Å². The molecular formula is C14H18Br2N2O3. The Balaban J connectivity index is 2.31. The first-order chi connectivity index (χ1) is 9.88. The highest BCUT2D eigenvalue weighted by atomic mass is 79.9. The van der Waals surface area contributed by atoms with Crippen molar-refractivity contribution in [2.45, 2.75) is 26.2 Å². The van der Waals surface area contributed by atoms with Crippen LogP contribution in [-0.2, 0) is 4.79 Å². The Morgan fingerprint density at radius 3 is 2.67 bits per heavy atom. The van der Waals surface area contributed by atoms with Crippen molar-refractivity contribution in [2.75, 3.05) is 11.9 Å². The summed E-state index contributed by atoms with van der Waals surface area (Å²) in [6, 6.07) is 5.24. The van der Waals surface area contributed by atoms with E-state index in [2.05, 4.69) is 42.5 Å². The highest BCUT2D eigenvalue weighted by Gasteiger charge is 2.08. The molecule has 0 aliphatic carbocycles. The number of carbonyl (C=O) groups excluding carboxylic acids is 1. The summed E-state index contributed by atoms with van der Waals surface area (Å²) in [7, 11) is 0. The second-order valence-corrected chi connectivity index (χ2v) is 6.60. The minimum absolute atomic E-state index is 0.165. The highest BCUT2D eigenvalue weighted by molar-refractivity contribution is 9.11. The number of urea groups is 1. The zero-order valence-electron chi connectivity index (χ0n) is 11.7. The van der Waals surface area contributed by atoms with Crippen molar-refractivity contribution in [3.8, 4) is 0 Å². The summed E-state index contributed by atoms with van der Waals surface area (Å²) in [5, 5.41) is 14.1. The van der Waals surface area contributed by atoms with Gasteiger partial charge in [-0.25, -0.2) is 4.79 Å². The van der Waals surface area contributed by atoms with Gasteiger partial charge in [-0.2, -0.15) is 0 Å². The molecule has 2 amide bonds. The van der Waals surface area contributed by atoms with Gasteiger partial charge in [-0.05, 0) is 52.9 Å². The zero-order valence-corrected chi connectivity index (χ0v) is 14.8. The molecule has 0 aliphatic heterocycles. The number of carbonyl (C=O) groups is 2. The van der Waals surface area contributed by atoms with Crippen LogP contribution in [0, 0.1) is 5.92 Å². The number of carboxylic acids is 1. The number of aliphatic carboxylic acids is 1. The Morgan fingerprint density at radius 2 is 2.00 bits per heavy atom. The number of halogens is 2. The molecule has 21 heavy (non-hydrogen) atoms. The van der Waals surface area contributed by atoms with Gasteiger partial charge in [0.1, 0.15) is 0 Å². The Morgan fingerprint density at radius 1 is 1.29 bits per heavy atom. The molecule has 116 valence electrons. The minimum atomic E-state index is -0.785. The highest BCUT2D eigenvalue weighted by Crippen LogP contribution is 2.25. The van der Waals surface area contributed by atoms with Crippen LogP contribution in [0.15, 0.2) is 27.1 Å². The van der Waals surface area contributed by atoms with Gasteiger partial charge < -0.3 is 15.7 Å². The van der Waals surface area contributed by atoms with Crippen molar-refractivity contribution in [3.05, 3.63) is 27.1 Å². The number of anilines is 1. The molecule has 0 spiro atoms. The number of rotatable bonds is 7. The fraction of sp³-hybridized carbons (Fsp3) is 0.429. The fourth-order valence-electron chi connectivity index (χ4n) is 1.71. The van der Waals surface area contributed by atoms with Crippen LogP contribution in [0.1, 0.15) is 26.2 Å². The van der Waals surface area contributed by atoms with E-state index in [-0.39, 0.29) is 18.4 Å². The monoisotopic (exact) mass is 420 g/mol. The maximum absolute atomic E-state index is 11.8. The molecule has 1 aromatic carbocycles. The number of hydrogen-bond acceptors (Lipinski definition) is 2. The number of nitrogens with one attached hydrogen (secondary N) is 2. The van der Waals surface area contributed by atoms with Crippen molar-refractivity contribution in [1.82, 2.24) is 5.32 Å². The fourth-order valence-corrected chi connectivity index (χ4v) is 2.41. The first kappa shape index (κ1) is 18.0. The zero-order chi connectivity index (χ0) is 15.8. The summed E-state index contributed by atoms with van der Waals surface area (Å²) in [6.45, 7) is 2.49. The predicted octanol–water partition coefficient (Wildman–Crippen LogP) is 4.22. The normalized spacial score (nSPS) is 11.8. The minimum Gasteiger partial charge on any atom is -0.481 e. The van der Waals surface area contributed by atoms with Gasteiger partial charge in [0.25, 0.3) is 0 Å². The molecule has 0 heterocycles. The van der Waals surface area contributed by atoms with E-state index in [4.69, 9.17) is 5.11 Å². The standard InChI is InChI=1S/C14H18Br2N2O3/c1-9(2-5-13(19)20)6-7-17-14(21)18-12-8-10(15)3-4-11(12)16/h3-4,8-9H,2,5-7H2,1H3,(H,19,20)(H2,17,18,21). The predicted molar refractivity (Wildman–Crippen MR) is 89.5 cm³/mol. The average molecular weight is 422 g/mol. The van der Waals surface area contributed by atoms with E-state index in [0.29, 0.717) is 18.7 Å². The lowest BCUT2D eigenvalue weighted by Crippen LogP contribution is -2.30. The molecular weight excluding hydrogens is 404 g/mol. The average Bonchev–Trinajstić information content (AvgIpc) is 2.40. The molecule has 1 atom stereocenters. The van der Waals surface area contributed by atoms with E-state index in [1.54, 1.807) is 6.07 Å². The molecule has 5 nitrogen and oxygen atoms in total. The second kappa shape index (κ2) is 9.04. The van der Waals surface area contributed by atoms with Gasteiger partial charge in [0, 0.05) is 21.9 Å². The summed E-state index contributed by atoms with van der Waals surface area (Å²) in [4.78, 5) is 22.2. The molecule has 1 unspecified atom stereocenters. The lowest BCUT2D eigenvalue weighted by Gasteiger charge is -2.12. The number of hydrogen-bond donors (Lipinski definition) is 3. The smallest absolute Gasteiger partial charge is 0.319 e. The molecule has 0 aromatic heterocycles. The van der Waals surface area contributed by atoms with Crippen molar-refractivity contribution < 1.29 is 14.7 Å². The van der Waals surface area contributed by atoms with Crippen LogP contribution in [0.25, 0.3) is 0 Å². The topological polar surface area (TPSA) is 78.4 Å². The Kier molecular flexibility index (Phi) is 7.74. The van der Waals surface area contributed by atoms with E-state index in [1.165, 1.54) is 0 Å². The molecule has 0 bridgehead atoms. The van der Waals surface area contributed by atoms with Gasteiger partial charge in [0.2, 0.25) is 0 Å². The van der Waals surface area contributed by atoms with Crippen LogP contribution in [0.4, 0.5) is 10.5 Å². The third-order valence-corrected chi connectivity index (χ3v) is 4.14. The first-order valence-electron chi connectivity index (χ1n) is 6.60. The van der Waals surface area contributed by atoms with E-state index in [9.17, 15) is 9.59 Å². The maximum Gasteiger partial charge on any atom is 0.319 e. The molecule has 7 heteroatoms. The molecule has 1 rings (SSSR count). The van der Waals surface area contributed by atoms with E-state index >= 15 is 0 Å². The second-order valence-electron chi connectivity index (χ2n) is 4.83. The van der Waals surface area contributed by atoms with Crippen LogP contribution < -0.4 is 10.6 Å². The Labute approximate surface area is 140 Å². The van der Waals surface area contributed by atoms with Crippen LogP contribution >= 0.6 is 31.9 Å². The van der Waals surface area contributed by atoms with Crippen molar-refractivity contribution in [2.24, 2.45) is 5.92 Å². The lowest BCUT2D eigenvalue weighted by molar-refractivity contribution is -0.137. The van der Waals surface area contributed by atoms with E-state index < -0.39 is 5.97 Å². The first-order valence-corrected chi connectivity index (χ1v) is 8.18. The van der Waals surface area contributed by atoms with Gasteiger partial charge in [-0.15, -0.1) is 0 Å². The Hall–Kier alpha value is -1.08. The summed E-state index contributed by atoms with van der Waals surface area (Å²) in [6.07, 6.45) is 1.54. The van der Waals surface area contributed by atoms with Crippen LogP contribution in [-0.4, -0.2) is 23.7 Å². The van der Waals surface area contributed by atoms with Crippen molar-refractivity contribution >= 4 is 49.5 Å². The summed E-state index contributed by atoms with van der Waals surface area (Å²) >= 11 is 6.71. The number of amides is 2. The van der Waals surface area contributed by atoms with E-state index in [1.807, 2.05) is 19.1 Å². The molecule has 1 aromatic rings. The molecule has 0 aliphatic rings. The third-order valence-electron chi connectivity index (χ3n) is 2.95. The van der Waals surface area contributed by atoms with Gasteiger partial charge in [-0.1, -0.05) is 22.9 Å². The molecule has 0 saturated carbocycles. The molecule has 3 N–H and O–H groups in total. The number of carboxylic acid groups (broad SMARTS) is 1. The number of benzene rings is 1. The largest absolute Gasteiger partial charge is 0.481 e. The summed E-state index contributed by atoms with van der Waals surface area (Å²) in [5.74, 6) is -0.522. The quantitative estimate of drug-likeness (QED) is 0.616. The van der Waals surface area contributed by atoms with Gasteiger partial charge in [-0.3, -0.25) is 4.79 Å². The summed E-state index contributed by atoms with van der Waals surface area (Å²) in [5.41, 5.74) is 0.681. The maximum atomic E-state index is 11.8. The molecule has 0 saturated heterocycles. The van der Waals surface area contributed by atoms with E-state index in [0.717, 1.165) is 15.4 Å². The Bertz CT molecular complexity index is 509. The SMILES string of the molecule is CC(CCNC(=O)Nc1cc(Br)ccc1Br)CCC(=O)O. The van der Waals surface area contributed by atoms with Crippen LogP contribution in [0.3, 0.4) is 0 Å². The molecule has 0 fully saturated rings. The van der Waals surface area contributed by atoms with Crippen LogP contribution in [0.5, 0.6) is 0 Å².